The van der Waals surface area contributed by atoms with E-state index in [2.05, 4.69) is 21.9 Å². The van der Waals surface area contributed by atoms with Gasteiger partial charge in [0.05, 0.1) is 7.11 Å². The van der Waals surface area contributed by atoms with Gasteiger partial charge in [-0.2, -0.15) is 0 Å². The predicted octanol–water partition coefficient (Wildman–Crippen LogP) is 1.84. The molecule has 124 valence electrons. The molecule has 0 saturated carbocycles. The Labute approximate surface area is 138 Å². The monoisotopic (exact) mass is 328 g/mol. The second-order valence-corrected chi connectivity index (χ2v) is 5.52. The fourth-order valence-corrected chi connectivity index (χ4v) is 2.51. The molecule has 0 bridgehead atoms. The highest BCUT2D eigenvalue weighted by Crippen LogP contribution is 2.16. The highest BCUT2D eigenvalue weighted by Gasteiger charge is 2.16. The lowest BCUT2D eigenvalue weighted by Crippen LogP contribution is -2.48. The summed E-state index contributed by atoms with van der Waals surface area (Å²) in [6, 6.07) is 8.45. The van der Waals surface area contributed by atoms with Crippen LogP contribution in [0.1, 0.15) is 19.4 Å². The van der Waals surface area contributed by atoms with Crippen LogP contribution in [0, 0.1) is 0 Å². The number of rotatable bonds is 5. The quantitative estimate of drug-likeness (QED) is 0.836. The fraction of sp³-hybridized carbons (Fsp3) is 0.562. The van der Waals surface area contributed by atoms with Gasteiger partial charge in [-0.1, -0.05) is 12.1 Å². The van der Waals surface area contributed by atoms with Crippen LogP contribution in [0.25, 0.3) is 0 Å². The SMILES string of the molecule is COC(=O)C(C)Oc1ccc(CN2CCN[C@@H](C)C2)cc1.Cl. The van der Waals surface area contributed by atoms with E-state index in [0.29, 0.717) is 11.8 Å². The van der Waals surface area contributed by atoms with Crippen LogP contribution in [-0.2, 0) is 16.1 Å². The van der Waals surface area contributed by atoms with Crippen molar-refractivity contribution in [1.29, 1.82) is 0 Å². The Hall–Kier alpha value is -1.30. The van der Waals surface area contributed by atoms with Gasteiger partial charge in [0, 0.05) is 32.2 Å². The number of halogens is 1. The summed E-state index contributed by atoms with van der Waals surface area (Å²) in [4.78, 5) is 13.8. The van der Waals surface area contributed by atoms with Gasteiger partial charge in [-0.15, -0.1) is 12.4 Å². The number of carbonyl (C=O) groups is 1. The van der Waals surface area contributed by atoms with E-state index in [0.717, 1.165) is 26.2 Å². The van der Waals surface area contributed by atoms with Gasteiger partial charge < -0.3 is 14.8 Å². The molecule has 1 fully saturated rings. The molecule has 1 saturated heterocycles. The van der Waals surface area contributed by atoms with E-state index >= 15 is 0 Å². The molecule has 0 amide bonds. The predicted molar refractivity (Wildman–Crippen MR) is 88.5 cm³/mol. The summed E-state index contributed by atoms with van der Waals surface area (Å²) in [5.41, 5.74) is 1.25. The minimum absolute atomic E-state index is 0. The first-order chi connectivity index (χ1) is 10.1. The summed E-state index contributed by atoms with van der Waals surface area (Å²) in [6.45, 7) is 8.01. The van der Waals surface area contributed by atoms with Crippen molar-refractivity contribution < 1.29 is 14.3 Å². The molecule has 2 atom stereocenters. The third-order valence-electron chi connectivity index (χ3n) is 3.63. The Morgan fingerprint density at radius 2 is 2.09 bits per heavy atom. The van der Waals surface area contributed by atoms with Crippen LogP contribution in [0.4, 0.5) is 0 Å². The number of esters is 1. The molecule has 0 aliphatic carbocycles. The fourth-order valence-electron chi connectivity index (χ4n) is 2.51. The van der Waals surface area contributed by atoms with Crippen molar-refractivity contribution in [2.75, 3.05) is 26.7 Å². The second-order valence-electron chi connectivity index (χ2n) is 5.52. The van der Waals surface area contributed by atoms with Crippen LogP contribution >= 0.6 is 12.4 Å². The number of methoxy groups -OCH3 is 1. The minimum atomic E-state index is -0.588. The van der Waals surface area contributed by atoms with Crippen molar-refractivity contribution in [2.45, 2.75) is 32.5 Å². The van der Waals surface area contributed by atoms with E-state index in [1.165, 1.54) is 12.7 Å². The van der Waals surface area contributed by atoms with Crippen molar-refractivity contribution in [3.8, 4) is 5.75 Å². The summed E-state index contributed by atoms with van der Waals surface area (Å²) in [5.74, 6) is 0.319. The molecule has 1 aromatic rings. The standard InChI is InChI=1S/C16H24N2O3.ClH/c1-12-10-18(9-8-17-12)11-14-4-6-15(7-5-14)21-13(2)16(19)20-3;/h4-7,12-13,17H,8-11H2,1-3H3;1H/t12-,13?;/m0./s1. The van der Waals surface area contributed by atoms with Gasteiger partial charge in [-0.25, -0.2) is 4.79 Å². The number of nitrogens with one attached hydrogen (secondary N) is 1. The van der Waals surface area contributed by atoms with Gasteiger partial charge in [0.25, 0.3) is 0 Å². The van der Waals surface area contributed by atoms with Crippen LogP contribution in [0.2, 0.25) is 0 Å². The van der Waals surface area contributed by atoms with Gasteiger partial charge in [0.15, 0.2) is 6.10 Å². The number of piperazine rings is 1. The average molecular weight is 329 g/mol. The molecule has 1 N–H and O–H groups in total. The van der Waals surface area contributed by atoms with E-state index in [4.69, 9.17) is 4.74 Å². The summed E-state index contributed by atoms with van der Waals surface area (Å²) < 4.78 is 10.2. The van der Waals surface area contributed by atoms with E-state index in [9.17, 15) is 4.79 Å². The molecule has 0 aromatic heterocycles. The molecule has 0 spiro atoms. The molecule has 5 nitrogen and oxygen atoms in total. The van der Waals surface area contributed by atoms with Crippen molar-refractivity contribution in [3.63, 3.8) is 0 Å². The molecule has 1 aromatic carbocycles. The number of nitrogens with zero attached hydrogens (tertiary/aromatic N) is 1. The van der Waals surface area contributed by atoms with E-state index in [-0.39, 0.29) is 18.4 Å². The number of benzene rings is 1. The van der Waals surface area contributed by atoms with E-state index in [1.807, 2.05) is 24.3 Å². The number of hydrogen-bond acceptors (Lipinski definition) is 5. The van der Waals surface area contributed by atoms with E-state index < -0.39 is 6.10 Å². The lowest BCUT2D eigenvalue weighted by Gasteiger charge is -2.31. The normalized spacial score (nSPS) is 19.9. The summed E-state index contributed by atoms with van der Waals surface area (Å²) in [6.07, 6.45) is -0.588. The molecule has 1 aliphatic rings. The Balaban J connectivity index is 0.00000242. The summed E-state index contributed by atoms with van der Waals surface area (Å²) >= 11 is 0. The molecule has 6 heteroatoms. The van der Waals surface area contributed by atoms with Crippen LogP contribution in [0.3, 0.4) is 0 Å². The molecule has 2 rings (SSSR count). The Morgan fingerprint density at radius 3 is 2.68 bits per heavy atom. The first-order valence-electron chi connectivity index (χ1n) is 7.37. The lowest BCUT2D eigenvalue weighted by molar-refractivity contribution is -0.147. The molecule has 1 unspecified atom stereocenters. The van der Waals surface area contributed by atoms with Crippen molar-refractivity contribution in [1.82, 2.24) is 10.2 Å². The van der Waals surface area contributed by atoms with Gasteiger partial charge in [-0.3, -0.25) is 4.90 Å². The molecule has 1 heterocycles. The third kappa shape index (κ3) is 5.48. The Bertz CT molecular complexity index is 467. The van der Waals surface area contributed by atoms with Crippen molar-refractivity contribution in [2.24, 2.45) is 0 Å². The highest BCUT2D eigenvalue weighted by atomic mass is 35.5. The zero-order valence-electron chi connectivity index (χ0n) is 13.4. The first-order valence-corrected chi connectivity index (χ1v) is 7.37. The zero-order chi connectivity index (χ0) is 15.2. The molecule has 1 aliphatic heterocycles. The largest absolute Gasteiger partial charge is 0.479 e. The van der Waals surface area contributed by atoms with Crippen molar-refractivity contribution in [3.05, 3.63) is 29.8 Å². The molecular weight excluding hydrogens is 304 g/mol. The number of carbonyl (C=O) groups excluding carboxylic acids is 1. The topological polar surface area (TPSA) is 50.8 Å². The molecule has 0 radical (unpaired) electrons. The Morgan fingerprint density at radius 1 is 1.41 bits per heavy atom. The maximum Gasteiger partial charge on any atom is 0.346 e. The highest BCUT2D eigenvalue weighted by molar-refractivity contribution is 5.85. The van der Waals surface area contributed by atoms with Gasteiger partial charge in [0.1, 0.15) is 5.75 Å². The average Bonchev–Trinajstić information content (AvgIpc) is 2.48. The molecular formula is C16H25ClN2O3. The van der Waals surface area contributed by atoms with Crippen LogP contribution in [0.5, 0.6) is 5.75 Å². The maximum absolute atomic E-state index is 11.3. The summed E-state index contributed by atoms with van der Waals surface area (Å²) in [5, 5.41) is 3.44. The third-order valence-corrected chi connectivity index (χ3v) is 3.63. The Kier molecular flexibility index (Phi) is 7.65. The van der Waals surface area contributed by atoms with Crippen LogP contribution in [-0.4, -0.2) is 49.8 Å². The van der Waals surface area contributed by atoms with Gasteiger partial charge in [-0.05, 0) is 31.5 Å². The van der Waals surface area contributed by atoms with Crippen LogP contribution < -0.4 is 10.1 Å². The summed E-state index contributed by atoms with van der Waals surface area (Å²) in [7, 11) is 1.36. The molecule has 22 heavy (non-hydrogen) atoms. The first kappa shape index (κ1) is 18.7. The smallest absolute Gasteiger partial charge is 0.346 e. The number of hydrogen-bond donors (Lipinski definition) is 1. The van der Waals surface area contributed by atoms with Crippen molar-refractivity contribution >= 4 is 18.4 Å². The van der Waals surface area contributed by atoms with Gasteiger partial charge in [0.2, 0.25) is 0 Å². The van der Waals surface area contributed by atoms with Gasteiger partial charge >= 0.3 is 5.97 Å². The maximum atomic E-state index is 11.3. The van der Waals surface area contributed by atoms with E-state index in [1.54, 1.807) is 6.92 Å². The lowest BCUT2D eigenvalue weighted by atomic mass is 10.1. The zero-order valence-corrected chi connectivity index (χ0v) is 14.2. The minimum Gasteiger partial charge on any atom is -0.479 e. The number of ether oxygens (including phenoxy) is 2. The second kappa shape index (κ2) is 8.98. The van der Waals surface area contributed by atoms with Crippen LogP contribution in [0.15, 0.2) is 24.3 Å².